The van der Waals surface area contributed by atoms with Crippen LogP contribution in [0.4, 0.5) is 10.2 Å². The number of phosphoric ester groups is 1. The summed E-state index contributed by atoms with van der Waals surface area (Å²) >= 11 is 3.37. The number of fused-ring (bicyclic) bond motifs is 1. The molecule has 0 bridgehead atoms. The lowest BCUT2D eigenvalue weighted by Crippen LogP contribution is -2.31. The van der Waals surface area contributed by atoms with Crippen molar-refractivity contribution in [3.63, 3.8) is 0 Å². The average Bonchev–Trinajstić information content (AvgIpc) is 3.35. The van der Waals surface area contributed by atoms with Crippen molar-refractivity contribution in [1.29, 1.82) is 0 Å². The lowest BCUT2D eigenvalue weighted by atomic mass is 10.0. The Morgan fingerprint density at radius 2 is 2.24 bits per heavy atom. The van der Waals surface area contributed by atoms with Crippen LogP contribution < -0.4 is 5.73 Å². The van der Waals surface area contributed by atoms with E-state index in [1.165, 1.54) is 24.8 Å². The maximum atomic E-state index is 13.7. The quantitative estimate of drug-likeness (QED) is 0.446. The largest absolute Gasteiger partial charge is 0.475 e. The number of nitrogens with two attached hydrogens (primary N) is 1. The Labute approximate surface area is 202 Å². The van der Waals surface area contributed by atoms with Crippen LogP contribution in [-0.2, 0) is 22.9 Å². The van der Waals surface area contributed by atoms with E-state index in [4.69, 9.17) is 24.0 Å². The molecule has 0 aliphatic carbocycles. The molecule has 0 saturated carbocycles. The predicted molar refractivity (Wildman–Crippen MR) is 121 cm³/mol. The Kier molecular flexibility index (Phi) is 6.22. The molecule has 14 heteroatoms. The highest BCUT2D eigenvalue weighted by molar-refractivity contribution is 9.10. The number of aliphatic hydroxyl groups is 1. The Morgan fingerprint density at radius 3 is 3.06 bits per heavy atom. The molecular formula is C20H22BrFN5O6P. The van der Waals surface area contributed by atoms with Crippen molar-refractivity contribution in [3.8, 4) is 0 Å². The van der Waals surface area contributed by atoms with Crippen LogP contribution in [0.25, 0.3) is 11.2 Å². The molecule has 4 heterocycles. The molecule has 0 spiro atoms. The molecule has 0 unspecified atom stereocenters. The van der Waals surface area contributed by atoms with Gasteiger partial charge in [0.2, 0.25) is 0 Å². The first-order valence-corrected chi connectivity index (χ1v) is 12.7. The van der Waals surface area contributed by atoms with Crippen LogP contribution in [0.2, 0.25) is 0 Å². The van der Waals surface area contributed by atoms with Crippen molar-refractivity contribution in [2.75, 3.05) is 18.9 Å². The van der Waals surface area contributed by atoms with Crippen LogP contribution in [0.3, 0.4) is 0 Å². The SMILES string of the molecule is C[C@@]1(O)C[C@@H](CO[P@@]2(=O)OCC[C@@H](c3cc(F)ccc3Br)O2)O[C@H]1n1cnc2c(N)ncnc21. The van der Waals surface area contributed by atoms with E-state index < -0.39 is 37.7 Å². The highest BCUT2D eigenvalue weighted by Gasteiger charge is 2.47. The number of ether oxygens (including phenoxy) is 1. The lowest BCUT2D eigenvalue weighted by molar-refractivity contribution is -0.0869. The van der Waals surface area contributed by atoms with Crippen molar-refractivity contribution in [1.82, 2.24) is 19.5 Å². The molecule has 2 aliphatic heterocycles. The van der Waals surface area contributed by atoms with E-state index in [0.717, 1.165) is 0 Å². The van der Waals surface area contributed by atoms with E-state index in [2.05, 4.69) is 30.9 Å². The van der Waals surface area contributed by atoms with Gasteiger partial charge in [-0.1, -0.05) is 15.9 Å². The average molecular weight is 558 g/mol. The third kappa shape index (κ3) is 4.49. The van der Waals surface area contributed by atoms with Crippen molar-refractivity contribution < 1.29 is 32.4 Å². The molecule has 2 aliphatic rings. The van der Waals surface area contributed by atoms with Gasteiger partial charge in [0, 0.05) is 17.3 Å². The minimum Gasteiger partial charge on any atom is -0.385 e. The van der Waals surface area contributed by atoms with E-state index in [-0.39, 0.29) is 25.5 Å². The second-order valence-electron chi connectivity index (χ2n) is 8.38. The van der Waals surface area contributed by atoms with Gasteiger partial charge in [0.25, 0.3) is 0 Å². The molecule has 11 nitrogen and oxygen atoms in total. The molecule has 182 valence electrons. The highest BCUT2D eigenvalue weighted by Crippen LogP contribution is 2.58. The minimum absolute atomic E-state index is 0.110. The zero-order chi connectivity index (χ0) is 24.1. The van der Waals surface area contributed by atoms with E-state index in [0.29, 0.717) is 27.6 Å². The number of benzene rings is 1. The van der Waals surface area contributed by atoms with Gasteiger partial charge in [0.15, 0.2) is 17.7 Å². The number of hydrogen-bond donors (Lipinski definition) is 2. The predicted octanol–water partition coefficient (Wildman–Crippen LogP) is 3.65. The minimum atomic E-state index is -3.95. The first kappa shape index (κ1) is 23.7. The van der Waals surface area contributed by atoms with Gasteiger partial charge in [-0.05, 0) is 30.7 Å². The standard InChI is InChI=1S/C20H22BrFN5O6P/c1-20(28)7-12(32-19(20)27-10-26-16-17(23)24-9-25-18(16)27)8-31-34(29)30-5-4-15(33-34)13-6-11(22)2-3-14(13)21/h2-3,6,9-10,12,15,19,28H,4-5,7-8H2,1H3,(H2,23,24,25)/t12-,15-,19+,20+,34+/m0/s1. The van der Waals surface area contributed by atoms with Gasteiger partial charge in [-0.2, -0.15) is 0 Å². The van der Waals surface area contributed by atoms with Gasteiger partial charge in [-0.25, -0.2) is 23.9 Å². The van der Waals surface area contributed by atoms with E-state index >= 15 is 0 Å². The van der Waals surface area contributed by atoms with Crippen LogP contribution >= 0.6 is 23.8 Å². The van der Waals surface area contributed by atoms with Crippen molar-refractivity contribution in [2.24, 2.45) is 0 Å². The summed E-state index contributed by atoms with van der Waals surface area (Å²) in [5.41, 5.74) is 5.86. The topological polar surface area (TPSA) is 144 Å². The van der Waals surface area contributed by atoms with Gasteiger partial charge in [-0.3, -0.25) is 18.1 Å². The van der Waals surface area contributed by atoms with E-state index in [1.54, 1.807) is 17.6 Å². The monoisotopic (exact) mass is 557 g/mol. The van der Waals surface area contributed by atoms with Crippen molar-refractivity contribution in [2.45, 2.75) is 43.8 Å². The third-order valence-electron chi connectivity index (χ3n) is 5.74. The lowest BCUT2D eigenvalue weighted by Gasteiger charge is -2.30. The number of halogens is 2. The smallest absolute Gasteiger partial charge is 0.385 e. The summed E-state index contributed by atoms with van der Waals surface area (Å²) in [6.45, 7) is 1.56. The van der Waals surface area contributed by atoms with Gasteiger partial charge < -0.3 is 15.6 Å². The fourth-order valence-electron chi connectivity index (χ4n) is 4.17. The summed E-state index contributed by atoms with van der Waals surface area (Å²) in [5, 5.41) is 11.0. The van der Waals surface area contributed by atoms with Crippen LogP contribution in [-0.4, -0.2) is 49.5 Å². The zero-order valence-corrected chi connectivity index (χ0v) is 20.5. The fourth-order valence-corrected chi connectivity index (χ4v) is 6.08. The van der Waals surface area contributed by atoms with Crippen LogP contribution in [0.15, 0.2) is 35.3 Å². The summed E-state index contributed by atoms with van der Waals surface area (Å²) in [6, 6.07) is 4.19. The molecule has 1 aromatic carbocycles. The molecule has 34 heavy (non-hydrogen) atoms. The Hall–Kier alpha value is -1.99. The first-order chi connectivity index (χ1) is 16.2. The van der Waals surface area contributed by atoms with Crippen LogP contribution in [0.1, 0.15) is 37.7 Å². The summed E-state index contributed by atoms with van der Waals surface area (Å²) < 4.78 is 51.5. The third-order valence-corrected chi connectivity index (χ3v) is 7.94. The first-order valence-electron chi connectivity index (χ1n) is 10.5. The van der Waals surface area contributed by atoms with E-state index in [9.17, 15) is 14.1 Å². The molecule has 5 rings (SSSR count). The number of phosphoric acid groups is 1. The number of imidazole rings is 1. The number of nitrogens with zero attached hydrogens (tertiary/aromatic N) is 4. The molecule has 3 N–H and O–H groups in total. The number of nitrogen functional groups attached to an aromatic ring is 1. The van der Waals surface area contributed by atoms with Gasteiger partial charge in [-0.15, -0.1) is 0 Å². The highest BCUT2D eigenvalue weighted by atomic mass is 79.9. The van der Waals surface area contributed by atoms with E-state index in [1.807, 2.05) is 0 Å². The summed E-state index contributed by atoms with van der Waals surface area (Å²) in [7, 11) is -3.95. The number of hydrogen-bond acceptors (Lipinski definition) is 10. The molecule has 2 aromatic heterocycles. The summed E-state index contributed by atoms with van der Waals surface area (Å²) in [5.74, 6) is -0.221. The zero-order valence-electron chi connectivity index (χ0n) is 18.0. The fraction of sp³-hybridized carbons (Fsp3) is 0.450. The summed E-state index contributed by atoms with van der Waals surface area (Å²) in [6.07, 6.45) is 1.18. The molecule has 5 atom stereocenters. The molecular weight excluding hydrogens is 536 g/mol. The maximum Gasteiger partial charge on any atom is 0.475 e. The molecule has 0 radical (unpaired) electrons. The van der Waals surface area contributed by atoms with Crippen LogP contribution in [0.5, 0.6) is 0 Å². The van der Waals surface area contributed by atoms with Crippen molar-refractivity contribution >= 4 is 40.7 Å². The second kappa shape index (κ2) is 8.90. The summed E-state index contributed by atoms with van der Waals surface area (Å²) in [4.78, 5) is 12.3. The molecule has 2 fully saturated rings. The van der Waals surface area contributed by atoms with Crippen molar-refractivity contribution in [3.05, 3.63) is 46.7 Å². The molecule has 0 amide bonds. The normalized spacial score (nSPS) is 31.8. The Bertz CT molecular complexity index is 1280. The maximum absolute atomic E-state index is 13.7. The second-order valence-corrected chi connectivity index (χ2v) is 10.9. The Morgan fingerprint density at radius 1 is 1.41 bits per heavy atom. The van der Waals surface area contributed by atoms with Gasteiger partial charge in [0.1, 0.15) is 23.3 Å². The number of rotatable bonds is 5. The molecule has 2 saturated heterocycles. The van der Waals surface area contributed by atoms with Gasteiger partial charge in [0.05, 0.1) is 31.7 Å². The van der Waals surface area contributed by atoms with Gasteiger partial charge >= 0.3 is 7.82 Å². The number of aromatic nitrogens is 4. The van der Waals surface area contributed by atoms with Crippen LogP contribution in [0, 0.1) is 5.82 Å². The Balaban J connectivity index is 1.28. The molecule has 3 aromatic rings. The number of anilines is 1.